The zero-order valence-corrected chi connectivity index (χ0v) is 11.1. The summed E-state index contributed by atoms with van der Waals surface area (Å²) in [5.74, 6) is 0. The first-order chi connectivity index (χ1) is 8.68. The topological polar surface area (TPSA) is 72.2 Å². The van der Waals surface area contributed by atoms with Crippen molar-refractivity contribution in [2.45, 2.75) is 24.9 Å². The molecule has 0 aliphatic carbocycles. The van der Waals surface area contributed by atoms with Gasteiger partial charge in [-0.2, -0.15) is 13.2 Å². The predicted molar refractivity (Wildman–Crippen MR) is 65.7 cm³/mol. The lowest BCUT2D eigenvalue weighted by Crippen LogP contribution is -2.37. The van der Waals surface area contributed by atoms with Crippen LogP contribution < -0.4 is 10.5 Å². The van der Waals surface area contributed by atoms with Crippen molar-refractivity contribution in [1.29, 1.82) is 0 Å². The summed E-state index contributed by atoms with van der Waals surface area (Å²) in [5, 5.41) is -0.856. The molecule has 0 aromatic heterocycles. The lowest BCUT2D eigenvalue weighted by atomic mass is 10.1. The maximum absolute atomic E-state index is 12.7. The zero-order chi connectivity index (χ0) is 14.7. The number of sulfonamides is 1. The molecule has 108 valence electrons. The van der Waals surface area contributed by atoms with Crippen LogP contribution in [0.5, 0.6) is 0 Å². The summed E-state index contributed by atoms with van der Waals surface area (Å²) in [6.07, 6.45) is -4.51. The van der Waals surface area contributed by atoms with Crippen LogP contribution in [0.15, 0.2) is 24.3 Å². The smallest absolute Gasteiger partial charge is 0.329 e. The molecule has 0 spiro atoms. The largest absolute Gasteiger partial charge is 0.416 e. The maximum Gasteiger partial charge on any atom is 0.416 e. The zero-order valence-electron chi connectivity index (χ0n) is 10.2. The van der Waals surface area contributed by atoms with Crippen LogP contribution >= 0.6 is 0 Å². The monoisotopic (exact) mass is 296 g/mol. The van der Waals surface area contributed by atoms with Crippen molar-refractivity contribution in [3.8, 4) is 0 Å². The van der Waals surface area contributed by atoms with E-state index in [0.29, 0.717) is 0 Å². The van der Waals surface area contributed by atoms with Gasteiger partial charge in [0.2, 0.25) is 10.0 Å². The van der Waals surface area contributed by atoms with E-state index in [2.05, 4.69) is 4.72 Å². The predicted octanol–water partition coefficient (Wildman–Crippen LogP) is 1.47. The number of rotatable bonds is 5. The van der Waals surface area contributed by atoms with Crippen LogP contribution in [0.3, 0.4) is 0 Å². The molecule has 0 aliphatic heterocycles. The van der Waals surface area contributed by atoms with Crippen LogP contribution in [-0.4, -0.2) is 20.2 Å². The van der Waals surface area contributed by atoms with E-state index in [1.54, 1.807) is 0 Å². The molecule has 0 amide bonds. The molecule has 4 nitrogen and oxygen atoms in total. The highest BCUT2D eigenvalue weighted by Crippen LogP contribution is 2.31. The third-order valence-electron chi connectivity index (χ3n) is 2.65. The second-order valence-corrected chi connectivity index (χ2v) is 6.25. The molecule has 0 saturated carbocycles. The van der Waals surface area contributed by atoms with E-state index >= 15 is 0 Å². The van der Waals surface area contributed by atoms with E-state index in [1.165, 1.54) is 25.1 Å². The van der Waals surface area contributed by atoms with Crippen LogP contribution in [-0.2, 0) is 22.7 Å². The van der Waals surface area contributed by atoms with E-state index < -0.39 is 33.6 Å². The minimum absolute atomic E-state index is 0.101. The average molecular weight is 296 g/mol. The van der Waals surface area contributed by atoms with Gasteiger partial charge in [0.25, 0.3) is 0 Å². The summed E-state index contributed by atoms with van der Waals surface area (Å²) < 4.78 is 63.5. The van der Waals surface area contributed by atoms with Gasteiger partial charge < -0.3 is 5.73 Å². The van der Waals surface area contributed by atoms with Crippen molar-refractivity contribution in [1.82, 2.24) is 4.72 Å². The van der Waals surface area contributed by atoms with E-state index in [9.17, 15) is 21.6 Å². The fourth-order valence-electron chi connectivity index (χ4n) is 1.40. The Morgan fingerprint density at radius 1 is 1.32 bits per heavy atom. The van der Waals surface area contributed by atoms with Gasteiger partial charge in [0.15, 0.2) is 0 Å². The van der Waals surface area contributed by atoms with Crippen LogP contribution in [0.4, 0.5) is 13.2 Å². The summed E-state index contributed by atoms with van der Waals surface area (Å²) >= 11 is 0. The van der Waals surface area contributed by atoms with E-state index in [-0.39, 0.29) is 12.1 Å². The second kappa shape index (κ2) is 5.89. The molecule has 0 fully saturated rings. The molecular formula is C11H15F3N2O2S. The average Bonchev–Trinajstić information content (AvgIpc) is 2.34. The Bertz CT molecular complexity index is 529. The van der Waals surface area contributed by atoms with Gasteiger partial charge in [-0.25, -0.2) is 13.1 Å². The minimum Gasteiger partial charge on any atom is -0.329 e. The molecule has 1 rings (SSSR count). The lowest BCUT2D eigenvalue weighted by molar-refractivity contribution is -0.138. The number of hydrogen-bond donors (Lipinski definition) is 2. The van der Waals surface area contributed by atoms with Crippen LogP contribution in [0.2, 0.25) is 0 Å². The van der Waals surface area contributed by atoms with E-state index in [0.717, 1.165) is 6.07 Å². The highest BCUT2D eigenvalue weighted by Gasteiger charge is 2.33. The molecule has 1 atom stereocenters. The van der Waals surface area contributed by atoms with Crippen LogP contribution in [0, 0.1) is 0 Å². The number of halogens is 3. The molecule has 3 N–H and O–H groups in total. The quantitative estimate of drug-likeness (QED) is 0.864. The summed E-state index contributed by atoms with van der Waals surface area (Å²) in [4.78, 5) is 0. The van der Waals surface area contributed by atoms with Crippen molar-refractivity contribution in [3.63, 3.8) is 0 Å². The molecule has 1 unspecified atom stereocenters. The Morgan fingerprint density at radius 3 is 2.42 bits per heavy atom. The maximum atomic E-state index is 12.7. The van der Waals surface area contributed by atoms with Gasteiger partial charge in [-0.05, 0) is 18.6 Å². The molecule has 0 bridgehead atoms. The van der Waals surface area contributed by atoms with Gasteiger partial charge in [0, 0.05) is 13.1 Å². The van der Waals surface area contributed by atoms with Crippen LogP contribution in [0.1, 0.15) is 18.1 Å². The summed E-state index contributed by atoms with van der Waals surface area (Å²) in [6.45, 7) is 0.872. The second-order valence-electron chi connectivity index (χ2n) is 4.07. The first-order valence-electron chi connectivity index (χ1n) is 5.52. The first kappa shape index (κ1) is 15.9. The number of nitrogens with one attached hydrogen (secondary N) is 1. The molecule has 0 aliphatic rings. The van der Waals surface area contributed by atoms with Crippen molar-refractivity contribution in [2.24, 2.45) is 5.73 Å². The summed E-state index contributed by atoms with van der Waals surface area (Å²) in [7, 11) is -3.71. The first-order valence-corrected chi connectivity index (χ1v) is 7.06. The SMILES string of the molecule is CC(CN)S(=O)(=O)NCc1ccccc1C(F)(F)F. The van der Waals surface area contributed by atoms with Crippen molar-refractivity contribution in [2.75, 3.05) is 6.54 Å². The van der Waals surface area contributed by atoms with Gasteiger partial charge in [-0.15, -0.1) is 0 Å². The molecule has 19 heavy (non-hydrogen) atoms. The van der Waals surface area contributed by atoms with Crippen molar-refractivity contribution >= 4 is 10.0 Å². The third-order valence-corrected chi connectivity index (χ3v) is 4.45. The molecule has 0 radical (unpaired) electrons. The fourth-order valence-corrected chi connectivity index (χ4v) is 2.29. The fraction of sp³-hybridized carbons (Fsp3) is 0.455. The van der Waals surface area contributed by atoms with Crippen molar-refractivity contribution < 1.29 is 21.6 Å². The Hall–Kier alpha value is -1.12. The summed E-state index contributed by atoms with van der Waals surface area (Å²) in [5.41, 5.74) is 4.26. The molecule has 1 aromatic rings. The number of benzene rings is 1. The van der Waals surface area contributed by atoms with Gasteiger partial charge in [-0.3, -0.25) is 0 Å². The van der Waals surface area contributed by atoms with Crippen LogP contribution in [0.25, 0.3) is 0 Å². The molecule has 0 heterocycles. The standard InChI is InChI=1S/C11H15F3N2O2S/c1-8(6-15)19(17,18)16-7-9-4-2-3-5-10(9)11(12,13)14/h2-5,8,16H,6-7,15H2,1H3. The van der Waals surface area contributed by atoms with Crippen molar-refractivity contribution in [3.05, 3.63) is 35.4 Å². The highest BCUT2D eigenvalue weighted by atomic mass is 32.2. The Balaban J connectivity index is 2.91. The molecule has 0 saturated heterocycles. The molecular weight excluding hydrogens is 281 g/mol. The number of nitrogens with two attached hydrogens (primary N) is 1. The summed E-state index contributed by atoms with van der Waals surface area (Å²) in [6, 6.07) is 4.82. The van der Waals surface area contributed by atoms with Gasteiger partial charge >= 0.3 is 6.18 Å². The van der Waals surface area contributed by atoms with E-state index in [4.69, 9.17) is 5.73 Å². The normalized spacial score (nSPS) is 14.4. The Morgan fingerprint density at radius 2 is 1.89 bits per heavy atom. The Kier molecular flexibility index (Phi) is 4.94. The highest BCUT2D eigenvalue weighted by molar-refractivity contribution is 7.90. The Labute approximate surface area is 109 Å². The lowest BCUT2D eigenvalue weighted by Gasteiger charge is -2.15. The minimum atomic E-state index is -4.51. The van der Waals surface area contributed by atoms with Gasteiger partial charge in [-0.1, -0.05) is 18.2 Å². The molecule has 1 aromatic carbocycles. The van der Waals surface area contributed by atoms with Gasteiger partial charge in [0.05, 0.1) is 10.8 Å². The van der Waals surface area contributed by atoms with E-state index in [1.807, 2.05) is 0 Å². The van der Waals surface area contributed by atoms with Gasteiger partial charge in [0.1, 0.15) is 0 Å². The number of alkyl halides is 3. The molecule has 8 heteroatoms. The number of hydrogen-bond acceptors (Lipinski definition) is 3. The third kappa shape index (κ3) is 4.19.